The Hall–Kier alpha value is -1.50. The van der Waals surface area contributed by atoms with E-state index in [1.807, 2.05) is 16.7 Å². The van der Waals surface area contributed by atoms with E-state index in [2.05, 4.69) is 10.2 Å². The molecule has 1 aliphatic rings. The molecule has 0 spiro atoms. The Morgan fingerprint density at radius 3 is 2.81 bits per heavy atom. The van der Waals surface area contributed by atoms with Gasteiger partial charge in [-0.25, -0.2) is 9.89 Å². The molecule has 0 saturated carbocycles. The maximum absolute atomic E-state index is 11.0. The number of rotatable bonds is 2. The molecule has 1 fully saturated rings. The Labute approximate surface area is 95.7 Å². The molecule has 0 amide bonds. The molecular formula is C9H11N3O3S. The van der Waals surface area contributed by atoms with Gasteiger partial charge in [0, 0.05) is 30.7 Å². The van der Waals surface area contributed by atoms with Crippen molar-refractivity contribution in [2.24, 2.45) is 0 Å². The SMILES string of the molecule is O=C(O)c1cc(=O)[nH]nc1N1CCSCC1. The molecule has 1 saturated heterocycles. The molecule has 0 unspecified atom stereocenters. The Kier molecular flexibility index (Phi) is 3.14. The summed E-state index contributed by atoms with van der Waals surface area (Å²) in [6.45, 7) is 1.51. The summed E-state index contributed by atoms with van der Waals surface area (Å²) in [6, 6.07) is 1.08. The van der Waals surface area contributed by atoms with Crippen LogP contribution >= 0.6 is 11.8 Å². The smallest absolute Gasteiger partial charge is 0.339 e. The van der Waals surface area contributed by atoms with Crippen LogP contribution in [0.3, 0.4) is 0 Å². The maximum Gasteiger partial charge on any atom is 0.339 e. The highest BCUT2D eigenvalue weighted by Gasteiger charge is 2.20. The van der Waals surface area contributed by atoms with Crippen LogP contribution in [0.1, 0.15) is 10.4 Å². The molecule has 2 heterocycles. The number of aromatic amines is 1. The van der Waals surface area contributed by atoms with Crippen LogP contribution in [0.15, 0.2) is 10.9 Å². The minimum atomic E-state index is -1.12. The van der Waals surface area contributed by atoms with E-state index in [1.54, 1.807) is 0 Å². The summed E-state index contributed by atoms with van der Waals surface area (Å²) in [4.78, 5) is 23.9. The van der Waals surface area contributed by atoms with Crippen LogP contribution in [0, 0.1) is 0 Å². The largest absolute Gasteiger partial charge is 0.478 e. The lowest BCUT2D eigenvalue weighted by Gasteiger charge is -2.27. The number of nitrogens with one attached hydrogen (secondary N) is 1. The molecule has 1 aromatic rings. The van der Waals surface area contributed by atoms with Gasteiger partial charge >= 0.3 is 5.97 Å². The Balaban J connectivity index is 2.38. The number of aromatic carboxylic acids is 1. The summed E-state index contributed by atoms with van der Waals surface area (Å²) < 4.78 is 0. The van der Waals surface area contributed by atoms with Crippen LogP contribution in [-0.2, 0) is 0 Å². The molecule has 0 bridgehead atoms. The highest BCUT2D eigenvalue weighted by molar-refractivity contribution is 7.99. The summed E-state index contributed by atoms with van der Waals surface area (Å²) in [5.74, 6) is 1.12. The van der Waals surface area contributed by atoms with Crippen molar-refractivity contribution in [2.45, 2.75) is 0 Å². The zero-order valence-electron chi connectivity index (χ0n) is 8.47. The highest BCUT2D eigenvalue weighted by atomic mass is 32.2. The van der Waals surface area contributed by atoms with Crippen LogP contribution < -0.4 is 10.5 Å². The summed E-state index contributed by atoms with van der Waals surface area (Å²) in [6.07, 6.45) is 0. The van der Waals surface area contributed by atoms with Gasteiger partial charge in [0.25, 0.3) is 5.56 Å². The topological polar surface area (TPSA) is 86.3 Å². The van der Waals surface area contributed by atoms with Gasteiger partial charge in [0.05, 0.1) is 0 Å². The zero-order chi connectivity index (χ0) is 11.5. The lowest BCUT2D eigenvalue weighted by Crippen LogP contribution is -2.35. The molecule has 1 aromatic heterocycles. The van der Waals surface area contributed by atoms with Crippen molar-refractivity contribution in [3.63, 3.8) is 0 Å². The molecule has 7 heteroatoms. The molecule has 0 radical (unpaired) electrons. The number of carboxylic acids is 1. The Bertz CT molecular complexity index is 454. The molecule has 2 N–H and O–H groups in total. The van der Waals surface area contributed by atoms with E-state index in [9.17, 15) is 9.59 Å². The predicted octanol–water partition coefficient (Wildman–Crippen LogP) is 0.0213. The fourth-order valence-electron chi connectivity index (χ4n) is 1.57. The van der Waals surface area contributed by atoms with Gasteiger partial charge in [-0.2, -0.15) is 16.9 Å². The molecule has 1 aliphatic heterocycles. The minimum absolute atomic E-state index is 0.0318. The second-order valence-corrected chi connectivity index (χ2v) is 4.60. The molecule has 0 aromatic carbocycles. The summed E-state index contributed by atoms with van der Waals surface area (Å²) in [5.41, 5.74) is -0.525. The number of carbonyl (C=O) groups is 1. The van der Waals surface area contributed by atoms with Gasteiger partial charge in [-0.15, -0.1) is 0 Å². The first-order valence-corrected chi connectivity index (χ1v) is 5.99. The quantitative estimate of drug-likeness (QED) is 0.759. The molecule has 0 atom stereocenters. The molecule has 0 aliphatic carbocycles. The fourth-order valence-corrected chi connectivity index (χ4v) is 2.47. The van der Waals surface area contributed by atoms with Crippen LogP contribution in [0.5, 0.6) is 0 Å². The third-order valence-corrected chi connectivity index (χ3v) is 3.27. The summed E-state index contributed by atoms with van der Waals surface area (Å²) >= 11 is 1.82. The number of carboxylic acid groups (broad SMARTS) is 1. The average molecular weight is 241 g/mol. The molecule has 2 rings (SSSR count). The van der Waals surface area contributed by atoms with E-state index < -0.39 is 11.5 Å². The summed E-state index contributed by atoms with van der Waals surface area (Å²) in [7, 11) is 0. The number of H-pyrrole nitrogens is 1. The predicted molar refractivity (Wildman–Crippen MR) is 61.4 cm³/mol. The van der Waals surface area contributed by atoms with Gasteiger partial charge in [-0.3, -0.25) is 4.79 Å². The van der Waals surface area contributed by atoms with E-state index in [0.29, 0.717) is 5.82 Å². The van der Waals surface area contributed by atoms with Crippen LogP contribution in [0.2, 0.25) is 0 Å². The third kappa shape index (κ3) is 2.19. The van der Waals surface area contributed by atoms with E-state index in [4.69, 9.17) is 5.11 Å². The second kappa shape index (κ2) is 4.56. The van der Waals surface area contributed by atoms with Crippen LogP contribution in [0.25, 0.3) is 0 Å². The van der Waals surface area contributed by atoms with Crippen molar-refractivity contribution in [3.05, 3.63) is 22.0 Å². The van der Waals surface area contributed by atoms with Crippen molar-refractivity contribution in [3.8, 4) is 0 Å². The van der Waals surface area contributed by atoms with Crippen LogP contribution in [0.4, 0.5) is 5.82 Å². The molecule has 16 heavy (non-hydrogen) atoms. The van der Waals surface area contributed by atoms with Gasteiger partial charge in [0.2, 0.25) is 0 Å². The van der Waals surface area contributed by atoms with Gasteiger partial charge in [0.15, 0.2) is 5.82 Å². The first-order chi connectivity index (χ1) is 7.68. The lowest BCUT2D eigenvalue weighted by molar-refractivity contribution is 0.0696. The second-order valence-electron chi connectivity index (χ2n) is 3.37. The number of hydrogen-bond acceptors (Lipinski definition) is 5. The van der Waals surface area contributed by atoms with Gasteiger partial charge < -0.3 is 10.0 Å². The maximum atomic E-state index is 11.0. The minimum Gasteiger partial charge on any atom is -0.478 e. The standard InChI is InChI=1S/C9H11N3O3S/c13-7-5-6(9(14)15)8(11-10-7)12-1-3-16-4-2-12/h5H,1-4H2,(H,10,13)(H,14,15). The summed E-state index contributed by atoms with van der Waals surface area (Å²) in [5, 5.41) is 15.1. The molecular weight excluding hydrogens is 230 g/mol. The Morgan fingerprint density at radius 2 is 2.19 bits per heavy atom. The van der Waals surface area contributed by atoms with Crippen molar-refractivity contribution in [2.75, 3.05) is 29.5 Å². The average Bonchev–Trinajstić information content (AvgIpc) is 2.30. The van der Waals surface area contributed by atoms with Gasteiger partial charge in [-0.1, -0.05) is 0 Å². The first kappa shape index (κ1) is 11.0. The lowest BCUT2D eigenvalue weighted by atomic mass is 10.2. The van der Waals surface area contributed by atoms with Gasteiger partial charge in [0.1, 0.15) is 5.56 Å². The number of thioether (sulfide) groups is 1. The fraction of sp³-hybridized carbons (Fsp3) is 0.444. The third-order valence-electron chi connectivity index (χ3n) is 2.33. The number of aromatic nitrogens is 2. The number of hydrogen-bond donors (Lipinski definition) is 2. The van der Waals surface area contributed by atoms with Crippen molar-refractivity contribution in [1.29, 1.82) is 0 Å². The van der Waals surface area contributed by atoms with E-state index >= 15 is 0 Å². The van der Waals surface area contributed by atoms with Crippen molar-refractivity contribution >= 4 is 23.5 Å². The van der Waals surface area contributed by atoms with E-state index in [-0.39, 0.29) is 5.56 Å². The molecule has 86 valence electrons. The van der Waals surface area contributed by atoms with E-state index in [1.165, 1.54) is 0 Å². The van der Waals surface area contributed by atoms with Crippen molar-refractivity contribution < 1.29 is 9.90 Å². The van der Waals surface area contributed by atoms with Crippen molar-refractivity contribution in [1.82, 2.24) is 10.2 Å². The Morgan fingerprint density at radius 1 is 1.50 bits per heavy atom. The highest BCUT2D eigenvalue weighted by Crippen LogP contribution is 2.19. The molecule has 6 nitrogen and oxygen atoms in total. The first-order valence-electron chi connectivity index (χ1n) is 4.84. The number of nitrogens with zero attached hydrogens (tertiary/aromatic N) is 2. The normalized spacial score (nSPS) is 16.1. The zero-order valence-corrected chi connectivity index (χ0v) is 9.29. The number of anilines is 1. The van der Waals surface area contributed by atoms with Gasteiger partial charge in [-0.05, 0) is 0 Å². The van der Waals surface area contributed by atoms with Crippen LogP contribution in [-0.4, -0.2) is 45.9 Å². The van der Waals surface area contributed by atoms with E-state index in [0.717, 1.165) is 30.7 Å². The monoisotopic (exact) mass is 241 g/mol.